The highest BCUT2D eigenvalue weighted by molar-refractivity contribution is 8.00. The molecule has 0 aliphatic heterocycles. The summed E-state index contributed by atoms with van der Waals surface area (Å²) >= 11 is 1.58. The Bertz CT molecular complexity index is 376. The van der Waals surface area contributed by atoms with E-state index in [4.69, 9.17) is 0 Å². The minimum Gasteiger partial charge on any atom is -0.355 e. The van der Waals surface area contributed by atoms with Crippen molar-refractivity contribution in [3.63, 3.8) is 0 Å². The second-order valence-corrected chi connectivity index (χ2v) is 6.04. The van der Waals surface area contributed by atoms with Crippen LogP contribution in [0.3, 0.4) is 0 Å². The molecular formula is C15H24N2OS. The number of hydrogen-bond acceptors (Lipinski definition) is 3. The van der Waals surface area contributed by atoms with Gasteiger partial charge >= 0.3 is 0 Å². The summed E-state index contributed by atoms with van der Waals surface area (Å²) in [4.78, 5) is 12.8. The van der Waals surface area contributed by atoms with E-state index in [1.54, 1.807) is 11.8 Å². The monoisotopic (exact) mass is 280 g/mol. The van der Waals surface area contributed by atoms with Gasteiger partial charge < -0.3 is 10.6 Å². The van der Waals surface area contributed by atoms with E-state index in [1.807, 2.05) is 7.05 Å². The smallest absolute Gasteiger partial charge is 0.230 e. The topological polar surface area (TPSA) is 41.1 Å². The molecule has 0 aliphatic rings. The highest BCUT2D eigenvalue weighted by atomic mass is 32.2. The molecule has 0 fully saturated rings. The molecule has 0 atom stereocenters. The standard InChI is InChI=1S/C15H24N2OS/c1-12(2)8-9-17-15(18)11-19-14-6-4-13(5-7-14)10-16-3/h4-7,12,16H,8-11H2,1-3H3,(H,17,18). The lowest BCUT2D eigenvalue weighted by atomic mass is 10.1. The number of amides is 1. The van der Waals surface area contributed by atoms with Crippen molar-refractivity contribution in [2.24, 2.45) is 5.92 Å². The summed E-state index contributed by atoms with van der Waals surface area (Å²) in [5.74, 6) is 1.24. The zero-order chi connectivity index (χ0) is 14.1. The second kappa shape index (κ2) is 8.99. The molecule has 0 bridgehead atoms. The van der Waals surface area contributed by atoms with E-state index in [2.05, 4.69) is 48.7 Å². The van der Waals surface area contributed by atoms with Gasteiger partial charge in [-0.3, -0.25) is 4.79 Å². The van der Waals surface area contributed by atoms with E-state index >= 15 is 0 Å². The molecule has 19 heavy (non-hydrogen) atoms. The number of carbonyl (C=O) groups excluding carboxylic acids is 1. The van der Waals surface area contributed by atoms with Gasteiger partial charge in [0.05, 0.1) is 5.75 Å². The van der Waals surface area contributed by atoms with Gasteiger partial charge in [0.1, 0.15) is 0 Å². The molecule has 0 saturated carbocycles. The van der Waals surface area contributed by atoms with Crippen LogP contribution >= 0.6 is 11.8 Å². The largest absolute Gasteiger partial charge is 0.355 e. The van der Waals surface area contributed by atoms with Crippen LogP contribution in [0.1, 0.15) is 25.8 Å². The van der Waals surface area contributed by atoms with Crippen molar-refractivity contribution >= 4 is 17.7 Å². The molecule has 0 heterocycles. The maximum Gasteiger partial charge on any atom is 0.230 e. The number of nitrogens with one attached hydrogen (secondary N) is 2. The molecule has 0 unspecified atom stereocenters. The zero-order valence-electron chi connectivity index (χ0n) is 12.0. The van der Waals surface area contributed by atoms with Crippen molar-refractivity contribution in [2.75, 3.05) is 19.3 Å². The van der Waals surface area contributed by atoms with E-state index in [-0.39, 0.29) is 5.91 Å². The molecule has 3 nitrogen and oxygen atoms in total. The van der Waals surface area contributed by atoms with E-state index < -0.39 is 0 Å². The lowest BCUT2D eigenvalue weighted by molar-refractivity contribution is -0.118. The quantitative estimate of drug-likeness (QED) is 0.719. The van der Waals surface area contributed by atoms with Gasteiger partial charge in [-0.15, -0.1) is 11.8 Å². The first-order valence-electron chi connectivity index (χ1n) is 6.75. The Hall–Kier alpha value is -1.00. The fraction of sp³-hybridized carbons (Fsp3) is 0.533. The van der Waals surface area contributed by atoms with Crippen LogP contribution in [0, 0.1) is 5.92 Å². The van der Waals surface area contributed by atoms with Crippen LogP contribution in [0.15, 0.2) is 29.2 Å². The van der Waals surface area contributed by atoms with Crippen molar-refractivity contribution in [3.8, 4) is 0 Å². The SMILES string of the molecule is CNCc1ccc(SCC(=O)NCCC(C)C)cc1. The molecule has 1 amide bonds. The molecule has 0 saturated heterocycles. The molecule has 106 valence electrons. The van der Waals surface area contributed by atoms with Crippen LogP contribution in [0.5, 0.6) is 0 Å². The normalized spacial score (nSPS) is 10.7. The van der Waals surface area contributed by atoms with Gasteiger partial charge in [0.25, 0.3) is 0 Å². The Kier molecular flexibility index (Phi) is 7.60. The van der Waals surface area contributed by atoms with E-state index in [9.17, 15) is 4.79 Å². The van der Waals surface area contributed by atoms with Crippen LogP contribution in [0.2, 0.25) is 0 Å². The van der Waals surface area contributed by atoms with E-state index in [1.165, 1.54) is 5.56 Å². The Labute approximate surface area is 120 Å². The average Bonchev–Trinajstić information content (AvgIpc) is 2.38. The second-order valence-electron chi connectivity index (χ2n) is 5.00. The van der Waals surface area contributed by atoms with Crippen LogP contribution in [-0.2, 0) is 11.3 Å². The van der Waals surface area contributed by atoms with Crippen LogP contribution in [0.25, 0.3) is 0 Å². The molecule has 1 aromatic carbocycles. The summed E-state index contributed by atoms with van der Waals surface area (Å²) in [6.45, 7) is 5.97. The summed E-state index contributed by atoms with van der Waals surface area (Å²) in [6.07, 6.45) is 1.04. The summed E-state index contributed by atoms with van der Waals surface area (Å²) < 4.78 is 0. The molecule has 1 aromatic rings. The van der Waals surface area contributed by atoms with E-state index in [0.717, 1.165) is 24.4 Å². The van der Waals surface area contributed by atoms with Gasteiger partial charge in [-0.05, 0) is 37.1 Å². The summed E-state index contributed by atoms with van der Waals surface area (Å²) in [5, 5.41) is 6.06. The van der Waals surface area contributed by atoms with Gasteiger partial charge in [-0.1, -0.05) is 26.0 Å². The first kappa shape index (κ1) is 16.1. The number of rotatable bonds is 8. The third-order valence-corrected chi connectivity index (χ3v) is 3.73. The Morgan fingerprint density at radius 3 is 2.53 bits per heavy atom. The number of benzene rings is 1. The predicted molar refractivity (Wildman–Crippen MR) is 82.4 cm³/mol. The molecule has 1 rings (SSSR count). The van der Waals surface area contributed by atoms with Gasteiger partial charge in [-0.25, -0.2) is 0 Å². The lowest BCUT2D eigenvalue weighted by Crippen LogP contribution is -2.26. The zero-order valence-corrected chi connectivity index (χ0v) is 12.8. The molecule has 0 aromatic heterocycles. The van der Waals surface area contributed by atoms with Crippen molar-refractivity contribution in [2.45, 2.75) is 31.7 Å². The third-order valence-electron chi connectivity index (χ3n) is 2.72. The number of carbonyl (C=O) groups is 1. The highest BCUT2D eigenvalue weighted by Crippen LogP contribution is 2.18. The number of thioether (sulfide) groups is 1. The fourth-order valence-corrected chi connectivity index (χ4v) is 2.34. The molecule has 0 aliphatic carbocycles. The highest BCUT2D eigenvalue weighted by Gasteiger charge is 2.03. The first-order valence-corrected chi connectivity index (χ1v) is 7.73. The lowest BCUT2D eigenvalue weighted by Gasteiger charge is -2.07. The summed E-state index contributed by atoms with van der Waals surface area (Å²) in [6, 6.07) is 8.32. The average molecular weight is 280 g/mol. The molecule has 4 heteroatoms. The number of hydrogen-bond donors (Lipinski definition) is 2. The Morgan fingerprint density at radius 1 is 1.26 bits per heavy atom. The minimum atomic E-state index is 0.116. The fourth-order valence-electron chi connectivity index (χ4n) is 1.61. The van der Waals surface area contributed by atoms with Gasteiger partial charge in [0.2, 0.25) is 5.91 Å². The summed E-state index contributed by atoms with van der Waals surface area (Å²) in [7, 11) is 1.93. The van der Waals surface area contributed by atoms with Crippen LogP contribution in [0.4, 0.5) is 0 Å². The van der Waals surface area contributed by atoms with Crippen LogP contribution in [-0.4, -0.2) is 25.3 Å². The van der Waals surface area contributed by atoms with Crippen molar-refractivity contribution in [1.82, 2.24) is 10.6 Å². The molecule has 0 spiro atoms. The molecule has 0 radical (unpaired) electrons. The van der Waals surface area contributed by atoms with Crippen LogP contribution < -0.4 is 10.6 Å². The molecular weight excluding hydrogens is 256 g/mol. The van der Waals surface area contributed by atoms with Gasteiger partial charge in [0.15, 0.2) is 0 Å². The van der Waals surface area contributed by atoms with Gasteiger partial charge in [0, 0.05) is 18.0 Å². The maximum atomic E-state index is 11.6. The van der Waals surface area contributed by atoms with Crippen molar-refractivity contribution in [1.29, 1.82) is 0 Å². The maximum absolute atomic E-state index is 11.6. The van der Waals surface area contributed by atoms with Crippen molar-refractivity contribution in [3.05, 3.63) is 29.8 Å². The minimum absolute atomic E-state index is 0.116. The third kappa shape index (κ3) is 7.23. The first-order chi connectivity index (χ1) is 9.11. The molecule has 2 N–H and O–H groups in total. The van der Waals surface area contributed by atoms with Crippen molar-refractivity contribution < 1.29 is 4.79 Å². The predicted octanol–water partition coefficient (Wildman–Crippen LogP) is 2.66. The van der Waals surface area contributed by atoms with Gasteiger partial charge in [-0.2, -0.15) is 0 Å². The Morgan fingerprint density at radius 2 is 1.95 bits per heavy atom. The Balaban J connectivity index is 2.25. The van der Waals surface area contributed by atoms with E-state index in [0.29, 0.717) is 11.7 Å². The summed E-state index contributed by atoms with van der Waals surface area (Å²) in [5.41, 5.74) is 1.26.